The average molecular weight is 315 g/mol. The first-order valence-corrected chi connectivity index (χ1v) is 7.00. The van der Waals surface area contributed by atoms with Gasteiger partial charge in [0.15, 0.2) is 0 Å². The highest BCUT2D eigenvalue weighted by molar-refractivity contribution is 9.10. The molecule has 102 valence electrons. The summed E-state index contributed by atoms with van der Waals surface area (Å²) < 4.78 is 1.10. The van der Waals surface area contributed by atoms with Crippen molar-refractivity contribution in [1.29, 1.82) is 0 Å². The molecule has 3 nitrogen and oxygen atoms in total. The number of halogens is 1. The Morgan fingerprint density at radius 1 is 1.44 bits per heavy atom. The lowest BCUT2D eigenvalue weighted by atomic mass is 9.82. The highest BCUT2D eigenvalue weighted by atomic mass is 79.9. The van der Waals surface area contributed by atoms with E-state index in [0.717, 1.165) is 11.0 Å². The molecule has 1 atom stereocenters. The van der Waals surface area contributed by atoms with Crippen molar-refractivity contribution in [3.05, 3.63) is 33.8 Å². The second-order valence-corrected chi connectivity index (χ2v) is 6.33. The Labute approximate surface area is 118 Å². The van der Waals surface area contributed by atoms with Crippen LogP contribution in [-0.4, -0.2) is 30.8 Å². The lowest BCUT2D eigenvalue weighted by molar-refractivity contribution is 0.260. The fourth-order valence-electron chi connectivity index (χ4n) is 2.05. The van der Waals surface area contributed by atoms with Crippen LogP contribution >= 0.6 is 15.9 Å². The van der Waals surface area contributed by atoms with Crippen LogP contribution < -0.4 is 11.1 Å². The molecule has 0 saturated carbocycles. The van der Waals surface area contributed by atoms with Gasteiger partial charge in [-0.1, -0.05) is 35.8 Å². The van der Waals surface area contributed by atoms with Crippen LogP contribution in [0.4, 0.5) is 0 Å². The zero-order chi connectivity index (χ0) is 13.8. The maximum absolute atomic E-state index is 8.89. The number of benzene rings is 1. The fourth-order valence-corrected chi connectivity index (χ4v) is 2.41. The van der Waals surface area contributed by atoms with Gasteiger partial charge in [0.25, 0.3) is 0 Å². The SMILES string of the molecule is Cc1ccc(Br)cc1C(C)(C)CNCC(N)CO. The zero-order valence-corrected chi connectivity index (χ0v) is 12.9. The van der Waals surface area contributed by atoms with Gasteiger partial charge in [-0.2, -0.15) is 0 Å². The molecule has 1 aromatic carbocycles. The Balaban J connectivity index is 2.70. The highest BCUT2D eigenvalue weighted by Gasteiger charge is 2.22. The molecule has 0 aliphatic rings. The third-order valence-corrected chi connectivity index (χ3v) is 3.63. The summed E-state index contributed by atoms with van der Waals surface area (Å²) in [6.07, 6.45) is 0. The average Bonchev–Trinajstić information content (AvgIpc) is 2.31. The van der Waals surface area contributed by atoms with Gasteiger partial charge in [-0.25, -0.2) is 0 Å². The number of nitrogens with two attached hydrogens (primary N) is 1. The maximum atomic E-state index is 8.89. The Hall–Kier alpha value is -0.420. The molecular formula is C14H23BrN2O. The van der Waals surface area contributed by atoms with Crippen molar-refractivity contribution in [2.45, 2.75) is 32.2 Å². The molecule has 0 amide bonds. The van der Waals surface area contributed by atoms with E-state index in [1.807, 2.05) is 0 Å². The molecule has 0 fully saturated rings. The number of aryl methyl sites for hydroxylation is 1. The summed E-state index contributed by atoms with van der Waals surface area (Å²) in [4.78, 5) is 0. The van der Waals surface area contributed by atoms with Crippen molar-refractivity contribution in [2.24, 2.45) is 5.73 Å². The van der Waals surface area contributed by atoms with Crippen LogP contribution in [0.1, 0.15) is 25.0 Å². The van der Waals surface area contributed by atoms with Crippen molar-refractivity contribution in [1.82, 2.24) is 5.32 Å². The zero-order valence-electron chi connectivity index (χ0n) is 11.3. The van der Waals surface area contributed by atoms with E-state index in [2.05, 4.69) is 60.2 Å². The first-order valence-electron chi connectivity index (χ1n) is 6.20. The number of hydrogen-bond donors (Lipinski definition) is 3. The van der Waals surface area contributed by atoms with Crippen LogP contribution in [-0.2, 0) is 5.41 Å². The number of nitrogens with one attached hydrogen (secondary N) is 1. The maximum Gasteiger partial charge on any atom is 0.0594 e. The first-order chi connectivity index (χ1) is 8.36. The Bertz CT molecular complexity index is 393. The summed E-state index contributed by atoms with van der Waals surface area (Å²) in [5.74, 6) is 0. The third kappa shape index (κ3) is 4.35. The van der Waals surface area contributed by atoms with Gasteiger partial charge >= 0.3 is 0 Å². The predicted octanol–water partition coefficient (Wildman–Crippen LogP) is 1.94. The molecule has 0 aromatic heterocycles. The molecule has 1 unspecified atom stereocenters. The van der Waals surface area contributed by atoms with Gasteiger partial charge in [0.1, 0.15) is 0 Å². The van der Waals surface area contributed by atoms with E-state index in [1.54, 1.807) is 0 Å². The van der Waals surface area contributed by atoms with Gasteiger partial charge in [-0.15, -0.1) is 0 Å². The molecule has 0 bridgehead atoms. The second-order valence-electron chi connectivity index (χ2n) is 5.42. The van der Waals surface area contributed by atoms with Gasteiger partial charge in [-0.05, 0) is 30.2 Å². The summed E-state index contributed by atoms with van der Waals surface area (Å²) in [6, 6.07) is 6.16. The molecule has 4 heteroatoms. The number of hydrogen-bond acceptors (Lipinski definition) is 3. The molecule has 1 aromatic rings. The smallest absolute Gasteiger partial charge is 0.0594 e. The van der Waals surface area contributed by atoms with E-state index >= 15 is 0 Å². The van der Waals surface area contributed by atoms with Crippen LogP contribution in [0.25, 0.3) is 0 Å². The lowest BCUT2D eigenvalue weighted by Crippen LogP contribution is -2.41. The quantitative estimate of drug-likeness (QED) is 0.752. The van der Waals surface area contributed by atoms with Crippen molar-refractivity contribution in [3.63, 3.8) is 0 Å². The standard InChI is InChI=1S/C14H23BrN2O/c1-10-4-5-11(15)6-13(10)14(2,3)9-17-7-12(16)8-18/h4-6,12,17-18H,7-9,16H2,1-3H3. The van der Waals surface area contributed by atoms with E-state index < -0.39 is 0 Å². The number of rotatable bonds is 6. The molecule has 0 radical (unpaired) electrons. The normalized spacial score (nSPS) is 13.7. The largest absolute Gasteiger partial charge is 0.395 e. The molecule has 4 N–H and O–H groups in total. The lowest BCUT2D eigenvalue weighted by Gasteiger charge is -2.28. The van der Waals surface area contributed by atoms with Crippen LogP contribution in [0.2, 0.25) is 0 Å². The van der Waals surface area contributed by atoms with E-state index in [9.17, 15) is 0 Å². The topological polar surface area (TPSA) is 58.3 Å². The minimum absolute atomic E-state index is 0.0172. The van der Waals surface area contributed by atoms with Crippen molar-refractivity contribution in [2.75, 3.05) is 19.7 Å². The van der Waals surface area contributed by atoms with Gasteiger partial charge < -0.3 is 16.2 Å². The van der Waals surface area contributed by atoms with Crippen molar-refractivity contribution in [3.8, 4) is 0 Å². The summed E-state index contributed by atoms with van der Waals surface area (Å²) >= 11 is 3.52. The molecule has 0 aliphatic heterocycles. The van der Waals surface area contributed by atoms with Crippen molar-refractivity contribution >= 4 is 15.9 Å². The second kappa shape index (κ2) is 6.66. The molecule has 0 heterocycles. The predicted molar refractivity (Wildman–Crippen MR) is 79.8 cm³/mol. The monoisotopic (exact) mass is 314 g/mol. The fraction of sp³-hybridized carbons (Fsp3) is 0.571. The van der Waals surface area contributed by atoms with Crippen molar-refractivity contribution < 1.29 is 5.11 Å². The van der Waals surface area contributed by atoms with Crippen LogP contribution in [0.15, 0.2) is 22.7 Å². The number of aliphatic hydroxyl groups is 1. The summed E-state index contributed by atoms with van der Waals surface area (Å²) in [7, 11) is 0. The number of aliphatic hydroxyl groups excluding tert-OH is 1. The molecule has 18 heavy (non-hydrogen) atoms. The summed E-state index contributed by atoms with van der Waals surface area (Å²) in [6.45, 7) is 8.02. The Kier molecular flexibility index (Phi) is 5.79. The minimum Gasteiger partial charge on any atom is -0.395 e. The molecule has 0 aliphatic carbocycles. The van der Waals surface area contributed by atoms with Crippen LogP contribution in [0, 0.1) is 6.92 Å². The molecular weight excluding hydrogens is 292 g/mol. The van der Waals surface area contributed by atoms with Gasteiger partial charge in [0, 0.05) is 29.0 Å². The van der Waals surface area contributed by atoms with Crippen LogP contribution in [0.3, 0.4) is 0 Å². The van der Waals surface area contributed by atoms with Gasteiger partial charge in [-0.3, -0.25) is 0 Å². The molecule has 0 spiro atoms. The Morgan fingerprint density at radius 2 is 2.11 bits per heavy atom. The van der Waals surface area contributed by atoms with Gasteiger partial charge in [0.2, 0.25) is 0 Å². The summed E-state index contributed by atoms with van der Waals surface area (Å²) in [5.41, 5.74) is 8.32. The molecule has 0 saturated heterocycles. The Morgan fingerprint density at radius 3 is 2.72 bits per heavy atom. The van der Waals surface area contributed by atoms with E-state index in [-0.39, 0.29) is 18.1 Å². The first kappa shape index (κ1) is 15.6. The minimum atomic E-state index is -0.190. The van der Waals surface area contributed by atoms with Crippen LogP contribution in [0.5, 0.6) is 0 Å². The summed E-state index contributed by atoms with van der Waals surface area (Å²) in [5, 5.41) is 12.2. The molecule has 1 rings (SSSR count). The van der Waals surface area contributed by atoms with Gasteiger partial charge in [0.05, 0.1) is 6.61 Å². The van der Waals surface area contributed by atoms with E-state index in [1.165, 1.54) is 11.1 Å². The van der Waals surface area contributed by atoms with E-state index in [4.69, 9.17) is 10.8 Å². The highest BCUT2D eigenvalue weighted by Crippen LogP contribution is 2.28. The van der Waals surface area contributed by atoms with E-state index in [0.29, 0.717) is 6.54 Å². The third-order valence-electron chi connectivity index (χ3n) is 3.14.